The zero-order valence-corrected chi connectivity index (χ0v) is 6.73. The van der Waals surface area contributed by atoms with Crippen LogP contribution in [0.4, 0.5) is 0 Å². The number of rotatable bonds is 5. The van der Waals surface area contributed by atoms with Gasteiger partial charge >= 0.3 is 0 Å². The van der Waals surface area contributed by atoms with E-state index in [9.17, 15) is 9.59 Å². The summed E-state index contributed by atoms with van der Waals surface area (Å²) in [5, 5.41) is 0. The summed E-state index contributed by atoms with van der Waals surface area (Å²) in [5.74, 6) is 0.141. The van der Waals surface area contributed by atoms with Gasteiger partial charge in [0.2, 0.25) is 0 Å². The van der Waals surface area contributed by atoms with Crippen molar-refractivity contribution in [2.75, 3.05) is 5.88 Å². The number of carbonyl (C=O) groups excluding carboxylic acids is 2. The molecule has 0 aromatic carbocycles. The largest absolute Gasteiger partial charge is 0.303 e. The first-order valence-corrected chi connectivity index (χ1v) is 3.82. The number of Topliss-reactive ketones (excluding diaryl/α,β-unsaturated/α-hetero) is 1. The minimum Gasteiger partial charge on any atom is -0.303 e. The number of hydrogen-bond donors (Lipinski definition) is 0. The summed E-state index contributed by atoms with van der Waals surface area (Å²) in [6.45, 7) is 1.88. The van der Waals surface area contributed by atoms with Gasteiger partial charge in [-0.05, 0) is 6.42 Å². The molecule has 3 heteroatoms. The zero-order chi connectivity index (χ0) is 7.98. The van der Waals surface area contributed by atoms with Crippen molar-refractivity contribution in [3.05, 3.63) is 0 Å². The van der Waals surface area contributed by atoms with Crippen molar-refractivity contribution in [2.45, 2.75) is 19.8 Å². The number of ketones is 1. The monoisotopic (exact) mass is 162 g/mol. The molecule has 0 aliphatic heterocycles. The molecule has 0 rings (SSSR count). The maximum atomic E-state index is 10.9. The molecule has 0 aromatic rings. The van der Waals surface area contributed by atoms with Gasteiger partial charge in [-0.25, -0.2) is 0 Å². The van der Waals surface area contributed by atoms with Gasteiger partial charge in [-0.15, -0.1) is 11.6 Å². The second kappa shape index (κ2) is 5.42. The van der Waals surface area contributed by atoms with E-state index in [1.165, 1.54) is 0 Å². The second-order valence-corrected chi connectivity index (χ2v) is 2.41. The predicted molar refractivity (Wildman–Crippen MR) is 40.2 cm³/mol. The van der Waals surface area contributed by atoms with Gasteiger partial charge in [0.15, 0.2) is 0 Å². The Morgan fingerprint density at radius 3 is 2.60 bits per heavy atom. The molecule has 0 N–H and O–H groups in total. The highest BCUT2D eigenvalue weighted by Gasteiger charge is 2.13. The highest BCUT2D eigenvalue weighted by molar-refractivity contribution is 6.19. The molecule has 0 radical (unpaired) electrons. The van der Waals surface area contributed by atoms with E-state index in [2.05, 4.69) is 0 Å². The Labute approximate surface area is 65.6 Å². The minimum absolute atomic E-state index is 0.00519. The molecule has 0 spiro atoms. The summed E-state index contributed by atoms with van der Waals surface area (Å²) in [4.78, 5) is 20.8. The fourth-order valence-electron chi connectivity index (χ4n) is 0.672. The van der Waals surface area contributed by atoms with Crippen molar-refractivity contribution in [3.63, 3.8) is 0 Å². The Kier molecular flexibility index (Phi) is 5.22. The topological polar surface area (TPSA) is 34.1 Å². The summed E-state index contributed by atoms with van der Waals surface area (Å²) in [6, 6.07) is 0. The summed E-state index contributed by atoms with van der Waals surface area (Å²) in [5.41, 5.74) is 0. The van der Waals surface area contributed by atoms with E-state index in [1.807, 2.05) is 6.92 Å². The third kappa shape index (κ3) is 2.97. The molecule has 58 valence electrons. The van der Waals surface area contributed by atoms with Crippen LogP contribution in [0.2, 0.25) is 0 Å². The number of carbonyl (C=O) groups is 2. The molecule has 0 heterocycles. The lowest BCUT2D eigenvalue weighted by atomic mass is 10.0. The lowest BCUT2D eigenvalue weighted by molar-refractivity contribution is -0.124. The van der Waals surface area contributed by atoms with Crippen molar-refractivity contribution in [1.29, 1.82) is 0 Å². The van der Waals surface area contributed by atoms with E-state index < -0.39 is 0 Å². The van der Waals surface area contributed by atoms with Crippen LogP contribution >= 0.6 is 11.6 Å². The molecule has 0 aliphatic rings. The van der Waals surface area contributed by atoms with Crippen LogP contribution in [-0.2, 0) is 9.59 Å². The summed E-state index contributed by atoms with van der Waals surface area (Å²) in [6.07, 6.45) is 1.35. The quantitative estimate of drug-likeness (QED) is 0.348. The number of aldehydes is 1. The Hall–Kier alpha value is -0.370. The molecule has 10 heavy (non-hydrogen) atoms. The molecular formula is C7H11ClO2. The van der Waals surface area contributed by atoms with Gasteiger partial charge in [0.25, 0.3) is 0 Å². The Bertz CT molecular complexity index is 119. The van der Waals surface area contributed by atoms with Crippen LogP contribution in [0, 0.1) is 5.92 Å². The van der Waals surface area contributed by atoms with Gasteiger partial charge in [-0.1, -0.05) is 6.92 Å². The standard InChI is InChI=1S/C7H11ClO2/c1-2-6(5-8)7(10)3-4-9/h4,6H,2-3,5H2,1H3. The number of hydrogen-bond acceptors (Lipinski definition) is 2. The first-order chi connectivity index (χ1) is 4.76. The third-order valence-corrected chi connectivity index (χ3v) is 1.79. The van der Waals surface area contributed by atoms with Crippen LogP contribution < -0.4 is 0 Å². The first kappa shape index (κ1) is 9.63. The van der Waals surface area contributed by atoms with Gasteiger partial charge in [0.05, 0.1) is 6.42 Å². The highest BCUT2D eigenvalue weighted by atomic mass is 35.5. The van der Waals surface area contributed by atoms with E-state index in [0.29, 0.717) is 12.2 Å². The van der Waals surface area contributed by atoms with Crippen LogP contribution in [0.15, 0.2) is 0 Å². The van der Waals surface area contributed by atoms with E-state index in [1.54, 1.807) is 0 Å². The van der Waals surface area contributed by atoms with Gasteiger partial charge in [-0.3, -0.25) is 4.79 Å². The normalized spacial score (nSPS) is 12.6. The Morgan fingerprint density at radius 2 is 2.30 bits per heavy atom. The third-order valence-electron chi connectivity index (χ3n) is 1.42. The van der Waals surface area contributed by atoms with Crippen LogP contribution in [0.5, 0.6) is 0 Å². The maximum Gasteiger partial charge on any atom is 0.144 e. The average molecular weight is 163 g/mol. The van der Waals surface area contributed by atoms with Gasteiger partial charge in [0, 0.05) is 11.8 Å². The molecule has 2 nitrogen and oxygen atoms in total. The molecule has 0 aliphatic carbocycles. The van der Waals surface area contributed by atoms with Gasteiger partial charge < -0.3 is 4.79 Å². The predicted octanol–water partition coefficient (Wildman–Crippen LogP) is 1.41. The van der Waals surface area contributed by atoms with E-state index in [-0.39, 0.29) is 18.1 Å². The molecule has 0 aromatic heterocycles. The van der Waals surface area contributed by atoms with Crippen LogP contribution in [-0.4, -0.2) is 17.9 Å². The Morgan fingerprint density at radius 1 is 1.70 bits per heavy atom. The Balaban J connectivity index is 3.76. The van der Waals surface area contributed by atoms with Crippen molar-refractivity contribution >= 4 is 23.7 Å². The van der Waals surface area contributed by atoms with Gasteiger partial charge in [-0.2, -0.15) is 0 Å². The molecule has 1 atom stereocenters. The van der Waals surface area contributed by atoms with Crippen LogP contribution in [0.3, 0.4) is 0 Å². The molecule has 0 amide bonds. The number of alkyl halides is 1. The maximum absolute atomic E-state index is 10.9. The summed E-state index contributed by atoms with van der Waals surface area (Å²) >= 11 is 5.46. The molecule has 0 saturated heterocycles. The van der Waals surface area contributed by atoms with E-state index >= 15 is 0 Å². The average Bonchev–Trinajstić information content (AvgIpc) is 1.91. The second-order valence-electron chi connectivity index (χ2n) is 2.10. The highest BCUT2D eigenvalue weighted by Crippen LogP contribution is 2.07. The van der Waals surface area contributed by atoms with Crippen LogP contribution in [0.1, 0.15) is 19.8 Å². The lowest BCUT2D eigenvalue weighted by Crippen LogP contribution is -2.15. The molecule has 0 saturated carbocycles. The lowest BCUT2D eigenvalue weighted by Gasteiger charge is -2.05. The SMILES string of the molecule is CCC(CCl)C(=O)CC=O. The summed E-state index contributed by atoms with van der Waals surface area (Å²) in [7, 11) is 0. The smallest absolute Gasteiger partial charge is 0.144 e. The molecule has 0 bridgehead atoms. The fraction of sp³-hybridized carbons (Fsp3) is 0.714. The molecular weight excluding hydrogens is 152 g/mol. The van der Waals surface area contributed by atoms with E-state index in [0.717, 1.165) is 6.42 Å². The first-order valence-electron chi connectivity index (χ1n) is 3.28. The number of halogens is 1. The fourth-order valence-corrected chi connectivity index (χ4v) is 1.06. The zero-order valence-electron chi connectivity index (χ0n) is 5.97. The van der Waals surface area contributed by atoms with Crippen molar-refractivity contribution in [2.24, 2.45) is 5.92 Å². The van der Waals surface area contributed by atoms with E-state index in [4.69, 9.17) is 11.6 Å². The molecule has 1 unspecified atom stereocenters. The molecule has 0 fully saturated rings. The minimum atomic E-state index is -0.133. The summed E-state index contributed by atoms with van der Waals surface area (Å²) < 4.78 is 0. The van der Waals surface area contributed by atoms with Crippen molar-refractivity contribution in [1.82, 2.24) is 0 Å². The van der Waals surface area contributed by atoms with Crippen molar-refractivity contribution in [3.8, 4) is 0 Å². The van der Waals surface area contributed by atoms with Crippen molar-refractivity contribution < 1.29 is 9.59 Å². The van der Waals surface area contributed by atoms with Crippen LogP contribution in [0.25, 0.3) is 0 Å². The van der Waals surface area contributed by atoms with Gasteiger partial charge in [0.1, 0.15) is 12.1 Å².